The van der Waals surface area contributed by atoms with Gasteiger partial charge < -0.3 is 15.3 Å². The standard InChI is InChI=1S/C14H17FN2O3S/c15-11-4-2-1-3-10(11)5-6-16-14(20)17-7-8-21-9-12(17)13(18)19/h1-4,12H,5-9H2,(H,16,20)(H,18,19). The number of nitrogens with zero attached hydrogens (tertiary/aromatic N) is 1. The molecule has 1 fully saturated rings. The maximum atomic E-state index is 13.4. The first-order valence-corrected chi connectivity index (χ1v) is 7.83. The second-order valence-corrected chi connectivity index (χ2v) is 5.85. The van der Waals surface area contributed by atoms with E-state index in [1.54, 1.807) is 18.2 Å². The van der Waals surface area contributed by atoms with Gasteiger partial charge in [0.05, 0.1) is 0 Å². The Balaban J connectivity index is 1.86. The smallest absolute Gasteiger partial charge is 0.327 e. The SMILES string of the molecule is O=C(O)C1CSCCN1C(=O)NCCc1ccccc1F. The van der Waals surface area contributed by atoms with E-state index in [0.29, 0.717) is 24.3 Å². The van der Waals surface area contributed by atoms with Gasteiger partial charge in [0, 0.05) is 24.6 Å². The molecule has 21 heavy (non-hydrogen) atoms. The minimum absolute atomic E-state index is 0.274. The molecule has 1 saturated heterocycles. The van der Waals surface area contributed by atoms with Gasteiger partial charge in [-0.1, -0.05) is 18.2 Å². The first-order valence-electron chi connectivity index (χ1n) is 6.68. The number of hydrogen-bond donors (Lipinski definition) is 2. The zero-order chi connectivity index (χ0) is 15.2. The molecule has 114 valence electrons. The average Bonchev–Trinajstić information content (AvgIpc) is 2.49. The average molecular weight is 312 g/mol. The molecular weight excluding hydrogens is 295 g/mol. The number of benzene rings is 1. The summed E-state index contributed by atoms with van der Waals surface area (Å²) in [5, 5.41) is 11.8. The monoisotopic (exact) mass is 312 g/mol. The molecule has 0 radical (unpaired) electrons. The van der Waals surface area contributed by atoms with Crippen molar-refractivity contribution in [1.82, 2.24) is 10.2 Å². The summed E-state index contributed by atoms with van der Waals surface area (Å²) in [6.07, 6.45) is 0.374. The Bertz CT molecular complexity index is 527. The molecule has 1 heterocycles. The van der Waals surface area contributed by atoms with Crippen molar-refractivity contribution < 1.29 is 19.1 Å². The van der Waals surface area contributed by atoms with Gasteiger partial charge in [0.1, 0.15) is 11.9 Å². The highest BCUT2D eigenvalue weighted by atomic mass is 32.2. The minimum atomic E-state index is -0.994. The highest BCUT2D eigenvalue weighted by Crippen LogP contribution is 2.16. The minimum Gasteiger partial charge on any atom is -0.480 e. The van der Waals surface area contributed by atoms with Crippen LogP contribution in [0.15, 0.2) is 24.3 Å². The molecule has 2 rings (SSSR count). The molecule has 0 saturated carbocycles. The number of aliphatic carboxylic acids is 1. The van der Waals surface area contributed by atoms with Crippen LogP contribution in [0.5, 0.6) is 0 Å². The summed E-state index contributed by atoms with van der Waals surface area (Å²) >= 11 is 1.52. The molecule has 1 aromatic carbocycles. The third-order valence-corrected chi connectivity index (χ3v) is 4.33. The van der Waals surface area contributed by atoms with Gasteiger partial charge in [0.25, 0.3) is 0 Å². The molecule has 1 unspecified atom stereocenters. The number of carbonyl (C=O) groups is 2. The number of thioether (sulfide) groups is 1. The summed E-state index contributed by atoms with van der Waals surface area (Å²) in [7, 11) is 0. The largest absolute Gasteiger partial charge is 0.480 e. The van der Waals surface area contributed by atoms with Gasteiger partial charge in [-0.05, 0) is 18.1 Å². The Morgan fingerprint density at radius 1 is 1.43 bits per heavy atom. The Kier molecular flexibility index (Phi) is 5.44. The highest BCUT2D eigenvalue weighted by molar-refractivity contribution is 7.99. The van der Waals surface area contributed by atoms with Gasteiger partial charge in [0.15, 0.2) is 0 Å². The Labute approximate surface area is 126 Å². The summed E-state index contributed by atoms with van der Waals surface area (Å²) in [4.78, 5) is 24.5. The van der Waals surface area contributed by atoms with Crippen LogP contribution >= 0.6 is 11.8 Å². The van der Waals surface area contributed by atoms with E-state index in [2.05, 4.69) is 5.32 Å². The van der Waals surface area contributed by atoms with Crippen molar-refractivity contribution in [2.75, 3.05) is 24.6 Å². The van der Waals surface area contributed by atoms with Gasteiger partial charge in [0.2, 0.25) is 0 Å². The van der Waals surface area contributed by atoms with E-state index in [1.807, 2.05) is 0 Å². The molecule has 0 aliphatic carbocycles. The molecule has 1 aromatic rings. The zero-order valence-corrected chi connectivity index (χ0v) is 12.2. The molecule has 0 bridgehead atoms. The number of carbonyl (C=O) groups excluding carboxylic acids is 1. The van der Waals surface area contributed by atoms with Crippen LogP contribution in [-0.2, 0) is 11.2 Å². The first-order chi connectivity index (χ1) is 10.1. The topological polar surface area (TPSA) is 69.6 Å². The lowest BCUT2D eigenvalue weighted by Gasteiger charge is -2.32. The van der Waals surface area contributed by atoms with Crippen molar-refractivity contribution >= 4 is 23.8 Å². The van der Waals surface area contributed by atoms with Crippen molar-refractivity contribution in [2.45, 2.75) is 12.5 Å². The van der Waals surface area contributed by atoms with E-state index in [-0.39, 0.29) is 12.4 Å². The number of carboxylic acid groups (broad SMARTS) is 1. The van der Waals surface area contributed by atoms with Gasteiger partial charge in [-0.3, -0.25) is 0 Å². The molecule has 1 aliphatic heterocycles. The first kappa shape index (κ1) is 15.6. The maximum Gasteiger partial charge on any atom is 0.327 e. The van der Waals surface area contributed by atoms with E-state index in [9.17, 15) is 14.0 Å². The van der Waals surface area contributed by atoms with Crippen LogP contribution in [0, 0.1) is 5.82 Å². The number of nitrogens with one attached hydrogen (secondary N) is 1. The number of hydrogen-bond acceptors (Lipinski definition) is 3. The lowest BCUT2D eigenvalue weighted by Crippen LogP contribution is -2.54. The summed E-state index contributed by atoms with van der Waals surface area (Å²) in [6.45, 7) is 0.683. The Morgan fingerprint density at radius 3 is 2.90 bits per heavy atom. The normalized spacial score (nSPS) is 18.3. The fourth-order valence-corrected chi connectivity index (χ4v) is 3.20. The van der Waals surface area contributed by atoms with Crippen molar-refractivity contribution in [3.05, 3.63) is 35.6 Å². The zero-order valence-electron chi connectivity index (χ0n) is 11.4. The van der Waals surface area contributed by atoms with E-state index in [0.717, 1.165) is 5.75 Å². The van der Waals surface area contributed by atoms with E-state index in [1.165, 1.54) is 22.7 Å². The third kappa shape index (κ3) is 4.10. The van der Waals surface area contributed by atoms with Crippen LogP contribution in [0.1, 0.15) is 5.56 Å². The van der Waals surface area contributed by atoms with Crippen LogP contribution in [0.2, 0.25) is 0 Å². The summed E-state index contributed by atoms with van der Waals surface area (Å²) in [5.41, 5.74) is 0.529. The Hall–Kier alpha value is -1.76. The second-order valence-electron chi connectivity index (χ2n) is 4.70. The van der Waals surface area contributed by atoms with Crippen LogP contribution < -0.4 is 5.32 Å². The molecule has 7 heteroatoms. The van der Waals surface area contributed by atoms with Crippen LogP contribution in [0.25, 0.3) is 0 Å². The van der Waals surface area contributed by atoms with Crippen molar-refractivity contribution in [1.29, 1.82) is 0 Å². The predicted octanol–water partition coefficient (Wildman–Crippen LogP) is 1.58. The molecule has 1 aliphatic rings. The molecule has 1 atom stereocenters. The highest BCUT2D eigenvalue weighted by Gasteiger charge is 2.32. The predicted molar refractivity (Wildman–Crippen MR) is 79.0 cm³/mol. The van der Waals surface area contributed by atoms with Crippen LogP contribution in [0.3, 0.4) is 0 Å². The summed E-state index contributed by atoms with van der Waals surface area (Å²) in [5.74, 6) is -0.170. The van der Waals surface area contributed by atoms with Crippen molar-refractivity contribution in [2.24, 2.45) is 0 Å². The van der Waals surface area contributed by atoms with E-state index in [4.69, 9.17) is 5.11 Å². The van der Waals surface area contributed by atoms with Gasteiger partial charge in [-0.2, -0.15) is 11.8 Å². The molecule has 0 spiro atoms. The number of halogens is 1. The summed E-state index contributed by atoms with van der Waals surface area (Å²) in [6, 6.07) is 5.19. The lowest BCUT2D eigenvalue weighted by atomic mass is 10.1. The quantitative estimate of drug-likeness (QED) is 0.885. The fraction of sp³-hybridized carbons (Fsp3) is 0.429. The number of rotatable bonds is 4. The Morgan fingerprint density at radius 2 is 2.19 bits per heavy atom. The molecule has 2 amide bonds. The lowest BCUT2D eigenvalue weighted by molar-refractivity contribution is -0.141. The molecule has 2 N–H and O–H groups in total. The van der Waals surface area contributed by atoms with Gasteiger partial charge >= 0.3 is 12.0 Å². The van der Waals surface area contributed by atoms with Gasteiger partial charge in [-0.15, -0.1) is 0 Å². The number of urea groups is 1. The van der Waals surface area contributed by atoms with Crippen LogP contribution in [0.4, 0.5) is 9.18 Å². The van der Waals surface area contributed by atoms with Crippen molar-refractivity contribution in [3.63, 3.8) is 0 Å². The van der Waals surface area contributed by atoms with Gasteiger partial charge in [-0.25, -0.2) is 14.0 Å². The third-order valence-electron chi connectivity index (χ3n) is 3.30. The number of carboxylic acids is 1. The fourth-order valence-electron chi connectivity index (χ4n) is 2.16. The van der Waals surface area contributed by atoms with Crippen molar-refractivity contribution in [3.8, 4) is 0 Å². The molecule has 5 nitrogen and oxygen atoms in total. The van der Waals surface area contributed by atoms with E-state index < -0.39 is 18.0 Å². The number of amides is 2. The maximum absolute atomic E-state index is 13.4. The second kappa shape index (κ2) is 7.31. The summed E-state index contributed by atoms with van der Waals surface area (Å²) < 4.78 is 13.4. The van der Waals surface area contributed by atoms with Crippen LogP contribution in [-0.4, -0.2) is 52.6 Å². The molecular formula is C14H17FN2O3S. The molecule has 0 aromatic heterocycles. The van der Waals surface area contributed by atoms with E-state index >= 15 is 0 Å².